The van der Waals surface area contributed by atoms with Gasteiger partial charge < -0.3 is 9.84 Å². The molecule has 0 saturated heterocycles. The van der Waals surface area contributed by atoms with Crippen LogP contribution >= 0.6 is 11.6 Å². The number of halogens is 1. The topological polar surface area (TPSA) is 92.7 Å². The number of aromatic carboxylic acids is 1. The van der Waals surface area contributed by atoms with Crippen molar-refractivity contribution < 1.29 is 23.1 Å². The highest BCUT2D eigenvalue weighted by Gasteiger charge is 2.16. The molecule has 0 aliphatic carbocycles. The molecule has 0 aromatic heterocycles. The normalized spacial score (nSPS) is 11.2. The van der Waals surface area contributed by atoms with Crippen molar-refractivity contribution in [1.29, 1.82) is 0 Å². The fourth-order valence-electron chi connectivity index (χ4n) is 1.19. The van der Waals surface area contributed by atoms with E-state index in [2.05, 4.69) is 9.46 Å². The van der Waals surface area contributed by atoms with Gasteiger partial charge in [0, 0.05) is 12.1 Å². The van der Waals surface area contributed by atoms with Gasteiger partial charge in [-0.05, 0) is 18.2 Å². The van der Waals surface area contributed by atoms with E-state index < -0.39 is 16.0 Å². The molecule has 0 saturated carbocycles. The highest BCUT2D eigenvalue weighted by molar-refractivity contribution is 7.92. The minimum Gasteiger partial charge on any atom is -0.478 e. The van der Waals surface area contributed by atoms with E-state index >= 15 is 0 Å². The van der Waals surface area contributed by atoms with Gasteiger partial charge in [0.2, 0.25) is 10.0 Å². The van der Waals surface area contributed by atoms with E-state index in [1.54, 1.807) is 0 Å². The molecule has 0 bridgehead atoms. The van der Waals surface area contributed by atoms with Crippen molar-refractivity contribution in [3.63, 3.8) is 0 Å². The molecule has 2 N–H and O–H groups in total. The maximum Gasteiger partial charge on any atom is 0.337 e. The molecular formula is C10H12ClNO5S. The van der Waals surface area contributed by atoms with Gasteiger partial charge in [-0.2, -0.15) is 0 Å². The van der Waals surface area contributed by atoms with Gasteiger partial charge in [0.25, 0.3) is 0 Å². The zero-order chi connectivity index (χ0) is 13.8. The van der Waals surface area contributed by atoms with Gasteiger partial charge in [-0.15, -0.1) is 0 Å². The van der Waals surface area contributed by atoms with Gasteiger partial charge in [-0.1, -0.05) is 11.6 Å². The quantitative estimate of drug-likeness (QED) is 0.827. The van der Waals surface area contributed by atoms with Crippen LogP contribution in [0.2, 0.25) is 5.02 Å². The summed E-state index contributed by atoms with van der Waals surface area (Å²) in [4.78, 5) is 11.0. The lowest BCUT2D eigenvalue weighted by atomic mass is 10.2. The van der Waals surface area contributed by atoms with Crippen LogP contribution in [0.3, 0.4) is 0 Å². The second-order valence-corrected chi connectivity index (χ2v) is 5.69. The van der Waals surface area contributed by atoms with Crippen molar-refractivity contribution in [3.05, 3.63) is 28.8 Å². The molecule has 0 radical (unpaired) electrons. The first kappa shape index (κ1) is 14.7. The summed E-state index contributed by atoms with van der Waals surface area (Å²) in [5, 5.41) is 9.16. The standard InChI is InChI=1S/C10H12ClNO5S/c1-17-4-5-18(15,16)12-9-3-2-7(11)6-8(9)10(13)14/h2-3,6,12H,4-5H2,1H3,(H,13,14). The van der Waals surface area contributed by atoms with Gasteiger partial charge in [0.1, 0.15) is 0 Å². The molecule has 0 heterocycles. The molecule has 18 heavy (non-hydrogen) atoms. The molecule has 0 spiro atoms. The zero-order valence-electron chi connectivity index (χ0n) is 9.51. The van der Waals surface area contributed by atoms with Crippen LogP contribution in [0.5, 0.6) is 0 Å². The summed E-state index contributed by atoms with van der Waals surface area (Å²) < 4.78 is 30.0. The SMILES string of the molecule is COCCS(=O)(=O)Nc1ccc(Cl)cc1C(=O)O. The molecule has 0 fully saturated rings. The number of hydrogen-bond acceptors (Lipinski definition) is 4. The minimum atomic E-state index is -3.65. The third-order valence-electron chi connectivity index (χ3n) is 2.03. The number of rotatable bonds is 6. The van der Waals surface area contributed by atoms with Gasteiger partial charge in [0.05, 0.1) is 23.6 Å². The molecule has 0 unspecified atom stereocenters. The van der Waals surface area contributed by atoms with Gasteiger partial charge >= 0.3 is 5.97 Å². The summed E-state index contributed by atoms with van der Waals surface area (Å²) in [6, 6.07) is 3.89. The van der Waals surface area contributed by atoms with E-state index in [0.717, 1.165) is 0 Å². The van der Waals surface area contributed by atoms with E-state index in [0.29, 0.717) is 0 Å². The summed E-state index contributed by atoms with van der Waals surface area (Å²) >= 11 is 5.66. The monoisotopic (exact) mass is 293 g/mol. The van der Waals surface area contributed by atoms with E-state index in [1.165, 1.54) is 25.3 Å². The number of carboxylic acids is 1. The zero-order valence-corrected chi connectivity index (χ0v) is 11.1. The summed E-state index contributed by atoms with van der Waals surface area (Å²) in [7, 11) is -2.27. The molecule has 1 rings (SSSR count). The molecule has 1 aromatic carbocycles. The van der Waals surface area contributed by atoms with Crippen molar-refractivity contribution in [1.82, 2.24) is 0 Å². The molecule has 0 aliphatic heterocycles. The van der Waals surface area contributed by atoms with Gasteiger partial charge in [0.15, 0.2) is 0 Å². The Morgan fingerprint density at radius 3 is 2.72 bits per heavy atom. The number of benzene rings is 1. The first-order valence-corrected chi connectivity index (χ1v) is 6.91. The maximum atomic E-state index is 11.6. The molecule has 100 valence electrons. The second kappa shape index (κ2) is 6.03. The fraction of sp³-hybridized carbons (Fsp3) is 0.300. The molecule has 0 atom stereocenters. The van der Waals surface area contributed by atoms with Crippen LogP contribution in [0.1, 0.15) is 10.4 Å². The van der Waals surface area contributed by atoms with Crippen molar-refractivity contribution in [2.24, 2.45) is 0 Å². The van der Waals surface area contributed by atoms with Crippen molar-refractivity contribution in [3.8, 4) is 0 Å². The highest BCUT2D eigenvalue weighted by atomic mass is 35.5. The lowest BCUT2D eigenvalue weighted by molar-refractivity contribution is 0.0698. The summed E-state index contributed by atoms with van der Waals surface area (Å²) in [5.74, 6) is -1.52. The largest absolute Gasteiger partial charge is 0.478 e. The Hall–Kier alpha value is -1.31. The van der Waals surface area contributed by atoms with Crippen LogP contribution in [-0.2, 0) is 14.8 Å². The predicted octanol–water partition coefficient (Wildman–Crippen LogP) is 1.43. The molecule has 0 aliphatic rings. The minimum absolute atomic E-state index is 0.0192. The summed E-state index contributed by atoms with van der Waals surface area (Å²) in [6.45, 7) is 0.0192. The average molecular weight is 294 g/mol. The maximum absolute atomic E-state index is 11.6. The average Bonchev–Trinajstić information content (AvgIpc) is 2.28. The molecular weight excluding hydrogens is 282 g/mol. The molecule has 1 aromatic rings. The number of hydrogen-bond donors (Lipinski definition) is 2. The van der Waals surface area contributed by atoms with Crippen molar-refractivity contribution >= 4 is 33.3 Å². The lowest BCUT2D eigenvalue weighted by Gasteiger charge is -2.10. The van der Waals surface area contributed by atoms with Crippen LogP contribution in [0.4, 0.5) is 5.69 Å². The fourth-order valence-corrected chi connectivity index (χ4v) is 2.37. The molecule has 8 heteroatoms. The lowest BCUT2D eigenvalue weighted by Crippen LogP contribution is -2.21. The van der Waals surface area contributed by atoms with Gasteiger partial charge in [-0.25, -0.2) is 13.2 Å². The Labute approximate surface area is 110 Å². The van der Waals surface area contributed by atoms with Crippen molar-refractivity contribution in [2.45, 2.75) is 0 Å². The van der Waals surface area contributed by atoms with Crippen LogP contribution in [0, 0.1) is 0 Å². The van der Waals surface area contributed by atoms with Crippen LogP contribution < -0.4 is 4.72 Å². The Kier molecular flexibility index (Phi) is 4.94. The van der Waals surface area contributed by atoms with E-state index in [4.69, 9.17) is 16.7 Å². The van der Waals surface area contributed by atoms with Crippen LogP contribution in [0.15, 0.2) is 18.2 Å². The number of nitrogens with one attached hydrogen (secondary N) is 1. The van der Waals surface area contributed by atoms with Crippen LogP contribution in [-0.4, -0.2) is 39.0 Å². The first-order chi connectivity index (χ1) is 8.35. The Morgan fingerprint density at radius 2 is 2.17 bits per heavy atom. The number of carbonyl (C=O) groups is 1. The number of carboxylic acid groups (broad SMARTS) is 1. The van der Waals surface area contributed by atoms with E-state index in [-0.39, 0.29) is 28.6 Å². The third-order valence-corrected chi connectivity index (χ3v) is 3.50. The Bertz CT molecular complexity index is 543. The number of sulfonamides is 1. The third kappa shape index (κ3) is 4.17. The van der Waals surface area contributed by atoms with E-state index in [9.17, 15) is 13.2 Å². The van der Waals surface area contributed by atoms with Gasteiger partial charge in [-0.3, -0.25) is 4.72 Å². The Balaban J connectivity index is 3.01. The number of ether oxygens (including phenoxy) is 1. The summed E-state index contributed by atoms with van der Waals surface area (Å²) in [6.07, 6.45) is 0. The number of anilines is 1. The molecule has 6 nitrogen and oxygen atoms in total. The smallest absolute Gasteiger partial charge is 0.337 e. The Morgan fingerprint density at radius 1 is 1.50 bits per heavy atom. The molecule has 0 amide bonds. The first-order valence-electron chi connectivity index (χ1n) is 4.88. The van der Waals surface area contributed by atoms with Crippen molar-refractivity contribution in [2.75, 3.05) is 24.2 Å². The predicted molar refractivity (Wildman–Crippen MR) is 67.7 cm³/mol. The second-order valence-electron chi connectivity index (χ2n) is 3.41. The highest BCUT2D eigenvalue weighted by Crippen LogP contribution is 2.21. The van der Waals surface area contributed by atoms with Crippen LogP contribution in [0.25, 0.3) is 0 Å². The summed E-state index contributed by atoms with van der Waals surface area (Å²) in [5.41, 5.74) is -0.230. The van der Waals surface area contributed by atoms with E-state index in [1.807, 2.05) is 0 Å². The number of methoxy groups -OCH3 is 1.